The number of aryl methyl sites for hydroxylation is 3. The van der Waals surface area contributed by atoms with Crippen LogP contribution in [0.4, 0.5) is 0 Å². The molecule has 0 saturated carbocycles. The highest BCUT2D eigenvalue weighted by molar-refractivity contribution is 6.02. The highest BCUT2D eigenvalue weighted by atomic mass is 16.5. The maximum absolute atomic E-state index is 13.1. The lowest BCUT2D eigenvalue weighted by molar-refractivity contribution is -0.147. The third-order valence-electron chi connectivity index (χ3n) is 6.08. The summed E-state index contributed by atoms with van der Waals surface area (Å²) in [6.45, 7) is -0.529. The molecule has 0 bridgehead atoms. The van der Waals surface area contributed by atoms with E-state index in [1.807, 2.05) is 12.1 Å². The van der Waals surface area contributed by atoms with Crippen LogP contribution in [0.3, 0.4) is 0 Å². The molecule has 2 unspecified atom stereocenters. The summed E-state index contributed by atoms with van der Waals surface area (Å²) in [6, 6.07) is 5.90. The van der Waals surface area contributed by atoms with Gasteiger partial charge in [-0.1, -0.05) is 6.07 Å². The number of likely N-dealkylation sites (tertiary alicyclic amines) is 1. The normalized spacial score (nSPS) is 19.6. The highest BCUT2D eigenvalue weighted by Crippen LogP contribution is 2.26. The van der Waals surface area contributed by atoms with Crippen LogP contribution in [0.15, 0.2) is 30.5 Å². The molecular formula is C23H25N3O6. The van der Waals surface area contributed by atoms with Crippen LogP contribution in [-0.4, -0.2) is 63.4 Å². The molecule has 1 aliphatic heterocycles. The summed E-state index contributed by atoms with van der Waals surface area (Å²) in [4.78, 5) is 50.8. The van der Waals surface area contributed by atoms with Crippen molar-refractivity contribution in [2.45, 2.75) is 37.8 Å². The fourth-order valence-corrected chi connectivity index (χ4v) is 4.41. The molecule has 4 rings (SSSR count). The number of carbonyl (C=O) groups is 4. The molecule has 1 fully saturated rings. The van der Waals surface area contributed by atoms with E-state index in [1.165, 1.54) is 27.3 Å². The second-order valence-corrected chi connectivity index (χ2v) is 8.32. The van der Waals surface area contributed by atoms with E-state index in [0.29, 0.717) is 5.56 Å². The van der Waals surface area contributed by atoms with Crippen molar-refractivity contribution >= 4 is 23.6 Å². The van der Waals surface area contributed by atoms with Gasteiger partial charge in [0.05, 0.1) is 6.10 Å². The first-order valence-electron chi connectivity index (χ1n) is 10.5. The van der Waals surface area contributed by atoms with Crippen molar-refractivity contribution < 1.29 is 29.0 Å². The number of rotatable bonds is 6. The van der Waals surface area contributed by atoms with Gasteiger partial charge in [-0.3, -0.25) is 14.4 Å². The van der Waals surface area contributed by atoms with Gasteiger partial charge in [0.25, 0.3) is 11.8 Å². The minimum Gasteiger partial charge on any atom is -0.456 e. The topological polar surface area (TPSA) is 132 Å². The predicted molar refractivity (Wildman–Crippen MR) is 113 cm³/mol. The van der Waals surface area contributed by atoms with E-state index in [9.17, 15) is 24.3 Å². The Labute approximate surface area is 184 Å². The van der Waals surface area contributed by atoms with E-state index in [4.69, 9.17) is 10.5 Å². The van der Waals surface area contributed by atoms with Crippen molar-refractivity contribution in [1.82, 2.24) is 9.47 Å². The van der Waals surface area contributed by atoms with Crippen LogP contribution >= 0.6 is 0 Å². The molecule has 1 aromatic heterocycles. The first kappa shape index (κ1) is 21.8. The lowest BCUT2D eigenvalue weighted by Crippen LogP contribution is -2.42. The molecule has 3 N–H and O–H groups in total. The summed E-state index contributed by atoms with van der Waals surface area (Å²) in [7, 11) is 1.57. The van der Waals surface area contributed by atoms with Gasteiger partial charge in [0.2, 0.25) is 5.78 Å². The Kier molecular flexibility index (Phi) is 5.84. The maximum atomic E-state index is 13.1. The van der Waals surface area contributed by atoms with E-state index < -0.39 is 36.4 Å². The molecule has 0 radical (unpaired) electrons. The zero-order chi connectivity index (χ0) is 23.0. The first-order valence-corrected chi connectivity index (χ1v) is 10.5. The summed E-state index contributed by atoms with van der Waals surface area (Å²) in [6.07, 6.45) is 3.59. The molecule has 1 aromatic carbocycles. The number of aromatic nitrogens is 1. The van der Waals surface area contributed by atoms with Gasteiger partial charge in [-0.05, 0) is 48.6 Å². The molecule has 2 amide bonds. The molecular weight excluding hydrogens is 414 g/mol. The second kappa shape index (κ2) is 8.58. The van der Waals surface area contributed by atoms with Crippen LogP contribution in [0.1, 0.15) is 55.2 Å². The fraction of sp³-hybridized carbons (Fsp3) is 0.391. The number of primary amides is 1. The Bertz CT molecular complexity index is 1110. The Balaban J connectivity index is 1.43. The fourth-order valence-electron chi connectivity index (χ4n) is 4.41. The van der Waals surface area contributed by atoms with Gasteiger partial charge >= 0.3 is 5.97 Å². The third kappa shape index (κ3) is 4.16. The number of amides is 2. The number of nitrogens with two attached hydrogens (primary N) is 1. The number of Topliss-reactive ketones (excluding diaryl/α,β-unsaturated/α-hetero) is 1. The lowest BCUT2D eigenvalue weighted by Gasteiger charge is -2.23. The highest BCUT2D eigenvalue weighted by Gasteiger charge is 2.40. The molecule has 9 heteroatoms. The molecule has 1 saturated heterocycles. The first-order chi connectivity index (χ1) is 15.2. The number of hydrogen-bond donors (Lipinski definition) is 2. The summed E-state index contributed by atoms with van der Waals surface area (Å²) in [5.41, 5.74) is 8.43. The van der Waals surface area contributed by atoms with Crippen LogP contribution in [-0.2, 0) is 29.4 Å². The number of ketones is 1. The Morgan fingerprint density at radius 2 is 1.88 bits per heavy atom. The number of ether oxygens (including phenoxy) is 1. The SMILES string of the molecule is Cn1cc(C(=O)COC(=O)C2CC(O)CN2C(=O)c2ccc3c(c2)CCC3)cc1C(N)=O. The number of aliphatic hydroxyl groups is 1. The van der Waals surface area contributed by atoms with Crippen molar-refractivity contribution in [3.05, 3.63) is 58.4 Å². The predicted octanol–water partition coefficient (Wildman–Crippen LogP) is 0.614. The van der Waals surface area contributed by atoms with Crippen LogP contribution in [0.5, 0.6) is 0 Å². The zero-order valence-electron chi connectivity index (χ0n) is 17.7. The molecule has 0 spiro atoms. The monoisotopic (exact) mass is 439 g/mol. The molecule has 2 atom stereocenters. The Morgan fingerprint density at radius 3 is 2.59 bits per heavy atom. The average Bonchev–Trinajstić information content (AvgIpc) is 3.48. The van der Waals surface area contributed by atoms with Crippen LogP contribution < -0.4 is 5.73 Å². The zero-order valence-corrected chi connectivity index (χ0v) is 17.7. The van der Waals surface area contributed by atoms with Crippen LogP contribution in [0.2, 0.25) is 0 Å². The quantitative estimate of drug-likeness (QED) is 0.501. The minimum atomic E-state index is -0.976. The molecule has 2 heterocycles. The molecule has 2 aliphatic rings. The van der Waals surface area contributed by atoms with Crippen molar-refractivity contribution in [2.24, 2.45) is 12.8 Å². The van der Waals surface area contributed by atoms with Crippen molar-refractivity contribution in [2.75, 3.05) is 13.2 Å². The smallest absolute Gasteiger partial charge is 0.329 e. The number of aliphatic hydroxyl groups excluding tert-OH is 1. The van der Waals surface area contributed by atoms with E-state index in [0.717, 1.165) is 24.8 Å². The number of carbonyl (C=O) groups excluding carboxylic acids is 4. The number of fused-ring (bicyclic) bond motifs is 1. The van der Waals surface area contributed by atoms with E-state index in [1.54, 1.807) is 13.1 Å². The molecule has 168 valence electrons. The van der Waals surface area contributed by atoms with Crippen molar-refractivity contribution in [3.8, 4) is 0 Å². The van der Waals surface area contributed by atoms with Crippen LogP contribution in [0, 0.1) is 0 Å². The van der Waals surface area contributed by atoms with E-state index >= 15 is 0 Å². The van der Waals surface area contributed by atoms with Gasteiger partial charge in [0, 0.05) is 37.3 Å². The van der Waals surface area contributed by atoms with Crippen LogP contribution in [0.25, 0.3) is 0 Å². The van der Waals surface area contributed by atoms with Gasteiger partial charge in [0.15, 0.2) is 6.61 Å². The summed E-state index contributed by atoms with van der Waals surface area (Å²) in [5, 5.41) is 10.1. The minimum absolute atomic E-state index is 0.0181. The number of esters is 1. The van der Waals surface area contributed by atoms with Gasteiger partial charge in [0.1, 0.15) is 11.7 Å². The molecule has 2 aromatic rings. The number of hydrogen-bond acceptors (Lipinski definition) is 6. The van der Waals surface area contributed by atoms with Gasteiger partial charge in [-0.25, -0.2) is 4.79 Å². The Hall–Kier alpha value is -3.46. The molecule has 1 aliphatic carbocycles. The summed E-state index contributed by atoms with van der Waals surface area (Å²) in [5.74, 6) is -2.28. The average molecular weight is 439 g/mol. The maximum Gasteiger partial charge on any atom is 0.329 e. The van der Waals surface area contributed by atoms with Gasteiger partial charge in [-0.2, -0.15) is 0 Å². The third-order valence-corrected chi connectivity index (χ3v) is 6.08. The Morgan fingerprint density at radius 1 is 1.12 bits per heavy atom. The van der Waals surface area contributed by atoms with E-state index in [2.05, 4.69) is 0 Å². The van der Waals surface area contributed by atoms with Crippen molar-refractivity contribution in [3.63, 3.8) is 0 Å². The standard InChI is InChI=1S/C23H25N3O6/c1-25-10-16(8-18(25)21(24)29)20(28)12-32-23(31)19-9-17(27)11-26(19)22(30)15-6-5-13-3-2-4-14(13)7-15/h5-8,10,17,19,27H,2-4,9,11-12H2,1H3,(H2,24,29). The second-order valence-electron chi connectivity index (χ2n) is 8.32. The number of nitrogens with zero attached hydrogens (tertiary/aromatic N) is 2. The summed E-state index contributed by atoms with van der Waals surface area (Å²) < 4.78 is 6.59. The number of β-amino-alcohol motifs (C(OH)–C–C–N with tert-alkyl or cyclic N) is 1. The van der Waals surface area contributed by atoms with Crippen molar-refractivity contribution in [1.29, 1.82) is 0 Å². The van der Waals surface area contributed by atoms with E-state index in [-0.39, 0.29) is 30.1 Å². The summed E-state index contributed by atoms with van der Waals surface area (Å²) >= 11 is 0. The van der Waals surface area contributed by atoms with Gasteiger partial charge < -0.3 is 25.0 Å². The molecule has 32 heavy (non-hydrogen) atoms. The van der Waals surface area contributed by atoms with Gasteiger partial charge in [-0.15, -0.1) is 0 Å². The lowest BCUT2D eigenvalue weighted by atomic mass is 10.1. The molecule has 9 nitrogen and oxygen atoms in total. The largest absolute Gasteiger partial charge is 0.456 e. The number of benzene rings is 1.